The van der Waals surface area contributed by atoms with Crippen LogP contribution in [0.25, 0.3) is 11.2 Å². The van der Waals surface area contributed by atoms with Crippen LogP contribution in [0, 0.1) is 11.8 Å². The molecule has 0 amide bonds. The minimum absolute atomic E-state index is 0.246. The van der Waals surface area contributed by atoms with Crippen LogP contribution in [0.3, 0.4) is 0 Å². The molecule has 5 rings (SSSR count). The zero-order valence-corrected chi connectivity index (χ0v) is 17.4. The molecule has 2 aliphatic carbocycles. The van der Waals surface area contributed by atoms with Gasteiger partial charge in [0.25, 0.3) is 5.56 Å². The average molecular weight is 408 g/mol. The zero-order chi connectivity index (χ0) is 20.8. The summed E-state index contributed by atoms with van der Waals surface area (Å²) in [4.78, 5) is 34.5. The first-order valence-electron chi connectivity index (χ1n) is 11.1. The summed E-state index contributed by atoms with van der Waals surface area (Å²) in [5.74, 6) is 2.65. The van der Waals surface area contributed by atoms with Crippen molar-refractivity contribution in [2.45, 2.75) is 64.5 Å². The van der Waals surface area contributed by atoms with Crippen LogP contribution in [0.4, 0.5) is 5.69 Å². The molecule has 3 aromatic rings. The SMILES string of the molecule is CCCn1c(=O)c2[nH]c(C(C3CC3)C3CC3)nc2n(CCc2ccc(N)cc2)c1=O. The van der Waals surface area contributed by atoms with Crippen molar-refractivity contribution < 1.29 is 0 Å². The first-order valence-corrected chi connectivity index (χ1v) is 11.1. The molecule has 1 aromatic carbocycles. The third-order valence-electron chi connectivity index (χ3n) is 6.51. The summed E-state index contributed by atoms with van der Waals surface area (Å²) in [6.45, 7) is 2.87. The van der Waals surface area contributed by atoms with E-state index in [-0.39, 0.29) is 11.2 Å². The fourth-order valence-electron chi connectivity index (χ4n) is 4.63. The Morgan fingerprint density at radius 1 is 1.07 bits per heavy atom. The van der Waals surface area contributed by atoms with Gasteiger partial charge in [0.1, 0.15) is 11.3 Å². The van der Waals surface area contributed by atoms with Gasteiger partial charge >= 0.3 is 5.69 Å². The molecule has 158 valence electrons. The van der Waals surface area contributed by atoms with Gasteiger partial charge in [0.15, 0.2) is 5.65 Å². The Balaban J connectivity index is 1.58. The second-order valence-electron chi connectivity index (χ2n) is 8.90. The maximum atomic E-state index is 13.2. The Hall–Kier alpha value is -2.83. The van der Waals surface area contributed by atoms with E-state index in [1.54, 1.807) is 4.57 Å². The largest absolute Gasteiger partial charge is 0.399 e. The highest BCUT2D eigenvalue weighted by Gasteiger charge is 2.44. The zero-order valence-electron chi connectivity index (χ0n) is 17.4. The molecular weight excluding hydrogens is 378 g/mol. The predicted molar refractivity (Wildman–Crippen MR) is 118 cm³/mol. The van der Waals surface area contributed by atoms with E-state index in [1.165, 1.54) is 30.3 Å². The van der Waals surface area contributed by atoms with Crippen LogP contribution in [-0.2, 0) is 19.5 Å². The lowest BCUT2D eigenvalue weighted by molar-refractivity contribution is 0.513. The quantitative estimate of drug-likeness (QED) is 0.561. The summed E-state index contributed by atoms with van der Waals surface area (Å²) in [5, 5.41) is 0. The van der Waals surface area contributed by atoms with Crippen LogP contribution in [0.1, 0.15) is 56.3 Å². The highest BCUT2D eigenvalue weighted by molar-refractivity contribution is 5.70. The van der Waals surface area contributed by atoms with Crippen LogP contribution in [0.5, 0.6) is 0 Å². The number of nitrogens with zero attached hydrogens (tertiary/aromatic N) is 3. The van der Waals surface area contributed by atoms with Crippen molar-refractivity contribution in [2.75, 3.05) is 5.73 Å². The second-order valence-corrected chi connectivity index (χ2v) is 8.90. The molecule has 0 atom stereocenters. The van der Waals surface area contributed by atoms with E-state index < -0.39 is 0 Å². The van der Waals surface area contributed by atoms with Crippen LogP contribution in [0.15, 0.2) is 33.9 Å². The van der Waals surface area contributed by atoms with Crippen molar-refractivity contribution in [3.05, 3.63) is 56.5 Å². The monoisotopic (exact) mass is 407 g/mol. The molecule has 2 aliphatic rings. The molecule has 2 heterocycles. The number of fused-ring (bicyclic) bond motifs is 1. The maximum absolute atomic E-state index is 13.2. The number of rotatable bonds is 8. The van der Waals surface area contributed by atoms with Crippen molar-refractivity contribution >= 4 is 16.9 Å². The summed E-state index contributed by atoms with van der Waals surface area (Å²) in [6.07, 6.45) is 6.36. The number of imidazole rings is 1. The number of nitrogen functional groups attached to an aromatic ring is 1. The molecule has 0 saturated heterocycles. The van der Waals surface area contributed by atoms with Gasteiger partial charge < -0.3 is 10.7 Å². The molecule has 30 heavy (non-hydrogen) atoms. The number of hydrogen-bond donors (Lipinski definition) is 2. The van der Waals surface area contributed by atoms with Gasteiger partial charge in [-0.25, -0.2) is 9.78 Å². The van der Waals surface area contributed by atoms with Crippen molar-refractivity contribution in [1.82, 2.24) is 19.1 Å². The Morgan fingerprint density at radius 3 is 2.33 bits per heavy atom. The Bertz CT molecular complexity index is 1170. The summed E-state index contributed by atoms with van der Waals surface area (Å²) in [6, 6.07) is 7.69. The van der Waals surface area contributed by atoms with Crippen LogP contribution in [0.2, 0.25) is 0 Å². The van der Waals surface area contributed by atoms with Gasteiger partial charge in [0, 0.05) is 24.7 Å². The van der Waals surface area contributed by atoms with Crippen molar-refractivity contribution in [3.63, 3.8) is 0 Å². The lowest BCUT2D eigenvalue weighted by Crippen LogP contribution is -2.40. The normalized spacial score (nSPS) is 16.6. The summed E-state index contributed by atoms with van der Waals surface area (Å²) in [5.41, 5.74) is 8.07. The number of nitrogens with one attached hydrogen (secondary N) is 1. The second kappa shape index (κ2) is 7.45. The summed E-state index contributed by atoms with van der Waals surface area (Å²) in [7, 11) is 0. The van der Waals surface area contributed by atoms with Crippen LogP contribution >= 0.6 is 0 Å². The van der Waals surface area contributed by atoms with E-state index in [1.807, 2.05) is 31.2 Å². The van der Waals surface area contributed by atoms with Crippen molar-refractivity contribution in [2.24, 2.45) is 11.8 Å². The number of benzene rings is 1. The molecule has 0 unspecified atom stereocenters. The standard InChI is InChI=1S/C23H29N5O2/c1-2-12-28-22(29)19-21(26-20(25-19)18(15-5-6-15)16-7-8-16)27(23(28)30)13-11-14-3-9-17(24)10-4-14/h3-4,9-10,15-16,18H,2,5-8,11-13,24H2,1H3,(H,25,26). The number of aryl methyl sites for hydroxylation is 2. The topological polar surface area (TPSA) is 98.7 Å². The van der Waals surface area contributed by atoms with Crippen LogP contribution in [-0.4, -0.2) is 19.1 Å². The lowest BCUT2D eigenvalue weighted by Gasteiger charge is -2.11. The predicted octanol–water partition coefficient (Wildman–Crippen LogP) is 3.02. The number of H-pyrrole nitrogens is 1. The van der Waals surface area contributed by atoms with E-state index >= 15 is 0 Å². The number of aromatic nitrogens is 4. The Kier molecular flexibility index (Phi) is 4.76. The van der Waals surface area contributed by atoms with E-state index in [2.05, 4.69) is 4.98 Å². The molecule has 2 saturated carbocycles. The Morgan fingerprint density at radius 2 is 1.73 bits per heavy atom. The van der Waals surface area contributed by atoms with E-state index in [0.717, 1.165) is 23.5 Å². The van der Waals surface area contributed by atoms with E-state index in [9.17, 15) is 9.59 Å². The average Bonchev–Trinajstić information content (AvgIpc) is 3.66. The highest BCUT2D eigenvalue weighted by atomic mass is 16.2. The van der Waals surface area contributed by atoms with Crippen molar-refractivity contribution in [3.8, 4) is 0 Å². The van der Waals surface area contributed by atoms with E-state index in [4.69, 9.17) is 10.7 Å². The van der Waals surface area contributed by atoms with Crippen molar-refractivity contribution in [1.29, 1.82) is 0 Å². The van der Waals surface area contributed by atoms with Gasteiger partial charge in [-0.1, -0.05) is 19.1 Å². The number of anilines is 1. The third kappa shape index (κ3) is 3.46. The third-order valence-corrected chi connectivity index (χ3v) is 6.51. The summed E-state index contributed by atoms with van der Waals surface area (Å²) >= 11 is 0. The Labute approximate surface area is 174 Å². The summed E-state index contributed by atoms with van der Waals surface area (Å²) < 4.78 is 3.04. The van der Waals surface area contributed by atoms with Gasteiger partial charge in [-0.2, -0.15) is 0 Å². The van der Waals surface area contributed by atoms with Gasteiger partial charge in [0.05, 0.1) is 0 Å². The molecule has 7 nitrogen and oxygen atoms in total. The highest BCUT2D eigenvalue weighted by Crippen LogP contribution is 2.53. The smallest absolute Gasteiger partial charge is 0.332 e. The van der Waals surface area contributed by atoms with Gasteiger partial charge in [-0.05, 0) is 68.1 Å². The molecule has 3 N–H and O–H groups in total. The molecule has 0 bridgehead atoms. The molecule has 0 aliphatic heterocycles. The van der Waals surface area contributed by atoms with Gasteiger partial charge in [0.2, 0.25) is 0 Å². The van der Waals surface area contributed by atoms with Crippen LogP contribution < -0.4 is 17.0 Å². The number of aromatic amines is 1. The maximum Gasteiger partial charge on any atom is 0.332 e. The molecule has 2 aromatic heterocycles. The minimum atomic E-state index is -0.266. The van der Waals surface area contributed by atoms with E-state index in [0.29, 0.717) is 48.4 Å². The van der Waals surface area contributed by atoms with Gasteiger partial charge in [-0.3, -0.25) is 13.9 Å². The number of hydrogen-bond acceptors (Lipinski definition) is 4. The van der Waals surface area contributed by atoms with Gasteiger partial charge in [-0.15, -0.1) is 0 Å². The molecular formula is C23H29N5O2. The fraction of sp³-hybridized carbons (Fsp3) is 0.522. The molecule has 0 radical (unpaired) electrons. The molecule has 2 fully saturated rings. The first kappa shape index (κ1) is 19.2. The molecule has 0 spiro atoms. The number of nitrogens with two attached hydrogens (primary N) is 1. The minimum Gasteiger partial charge on any atom is -0.399 e. The molecule has 7 heteroatoms. The lowest BCUT2D eigenvalue weighted by atomic mass is 9.97. The first-order chi connectivity index (χ1) is 14.6. The fourth-order valence-corrected chi connectivity index (χ4v) is 4.63.